The lowest BCUT2D eigenvalue weighted by molar-refractivity contribution is 0.182. The summed E-state index contributed by atoms with van der Waals surface area (Å²) in [6, 6.07) is 3.02. The second-order valence-electron chi connectivity index (χ2n) is 5.75. The van der Waals surface area contributed by atoms with Crippen LogP contribution in [0, 0.1) is 0 Å². The molecule has 4 rings (SSSR count). The summed E-state index contributed by atoms with van der Waals surface area (Å²) in [6.45, 7) is 1.01. The predicted octanol–water partition coefficient (Wildman–Crippen LogP) is 1.41. The Bertz CT molecular complexity index is 711. The molecule has 0 radical (unpaired) electrons. The average Bonchev–Trinajstić information content (AvgIpc) is 3.08. The average molecular weight is 319 g/mol. The number of hydrogen-bond donors (Lipinski definition) is 1. The summed E-state index contributed by atoms with van der Waals surface area (Å²) in [5.74, 6) is 1.48. The molecule has 2 aromatic rings. The summed E-state index contributed by atoms with van der Waals surface area (Å²) in [5, 5.41) is 8.32. The van der Waals surface area contributed by atoms with Crippen LogP contribution in [-0.2, 0) is 4.74 Å². The third-order valence-electron chi connectivity index (χ3n) is 4.33. The Balaban J connectivity index is 1.50. The van der Waals surface area contributed by atoms with Crippen LogP contribution in [0.15, 0.2) is 23.1 Å². The zero-order chi connectivity index (χ0) is 14.9. The van der Waals surface area contributed by atoms with Gasteiger partial charge >= 0.3 is 0 Å². The molecule has 1 aliphatic heterocycles. The highest BCUT2D eigenvalue weighted by molar-refractivity contribution is 7.09. The number of aromatic nitrogens is 4. The number of ether oxygens (including phenoxy) is 1. The second-order valence-corrected chi connectivity index (χ2v) is 6.50. The van der Waals surface area contributed by atoms with Gasteiger partial charge in [-0.25, -0.2) is 9.67 Å². The summed E-state index contributed by atoms with van der Waals surface area (Å²) in [6.07, 6.45) is 5.27. The van der Waals surface area contributed by atoms with E-state index in [-0.39, 0.29) is 17.6 Å². The van der Waals surface area contributed by atoms with Gasteiger partial charge in [0.15, 0.2) is 0 Å². The normalized spacial score (nSPS) is 25.1. The third-order valence-corrected chi connectivity index (χ3v) is 4.99. The van der Waals surface area contributed by atoms with Gasteiger partial charge in [-0.2, -0.15) is 9.47 Å². The molecule has 2 aromatic heterocycles. The maximum absolute atomic E-state index is 11.9. The molecule has 2 atom stereocenters. The van der Waals surface area contributed by atoms with Crippen LogP contribution >= 0.6 is 11.5 Å². The standard InChI is InChI=1S/C14H17N5O2S/c20-12-5-2-6-15-19(12)11-8-21-7-10(11)16-14-17-13(18-22-14)9-3-1-4-9/h2,5-6,9-11H,1,3-4,7-8H2,(H,16,17,18). The molecule has 2 unspecified atom stereocenters. The lowest BCUT2D eigenvalue weighted by Crippen LogP contribution is -2.36. The maximum atomic E-state index is 11.9. The molecule has 0 bridgehead atoms. The Hall–Kier alpha value is -1.80. The fourth-order valence-electron chi connectivity index (χ4n) is 2.82. The highest BCUT2D eigenvalue weighted by atomic mass is 32.1. The van der Waals surface area contributed by atoms with Crippen molar-refractivity contribution in [1.29, 1.82) is 0 Å². The van der Waals surface area contributed by atoms with E-state index < -0.39 is 0 Å². The molecule has 1 aliphatic carbocycles. The van der Waals surface area contributed by atoms with Gasteiger partial charge in [0.2, 0.25) is 5.13 Å². The Morgan fingerprint density at radius 2 is 2.27 bits per heavy atom. The number of nitrogens with zero attached hydrogens (tertiary/aromatic N) is 4. The Kier molecular flexibility index (Phi) is 3.63. The van der Waals surface area contributed by atoms with Gasteiger partial charge in [-0.1, -0.05) is 6.42 Å². The van der Waals surface area contributed by atoms with Crippen LogP contribution in [0.2, 0.25) is 0 Å². The third kappa shape index (κ3) is 2.52. The topological polar surface area (TPSA) is 81.9 Å². The lowest BCUT2D eigenvalue weighted by atomic mass is 9.85. The second kappa shape index (κ2) is 5.77. The largest absolute Gasteiger partial charge is 0.377 e. The first-order valence-electron chi connectivity index (χ1n) is 7.53. The van der Waals surface area contributed by atoms with E-state index in [1.165, 1.54) is 41.5 Å². The van der Waals surface area contributed by atoms with E-state index in [1.807, 2.05) is 0 Å². The number of nitrogens with one attached hydrogen (secondary N) is 1. The predicted molar refractivity (Wildman–Crippen MR) is 82.3 cm³/mol. The fraction of sp³-hybridized carbons (Fsp3) is 0.571. The van der Waals surface area contributed by atoms with E-state index >= 15 is 0 Å². The van der Waals surface area contributed by atoms with Crippen LogP contribution in [-0.4, -0.2) is 38.4 Å². The number of anilines is 1. The van der Waals surface area contributed by atoms with Gasteiger partial charge in [-0.3, -0.25) is 4.79 Å². The molecular formula is C14H17N5O2S. The van der Waals surface area contributed by atoms with Gasteiger partial charge in [-0.05, 0) is 18.9 Å². The van der Waals surface area contributed by atoms with Gasteiger partial charge in [0.25, 0.3) is 5.56 Å². The molecule has 8 heteroatoms. The van der Waals surface area contributed by atoms with Gasteiger partial charge < -0.3 is 10.1 Å². The van der Waals surface area contributed by atoms with Crippen molar-refractivity contribution in [2.24, 2.45) is 0 Å². The maximum Gasteiger partial charge on any atom is 0.267 e. The number of hydrogen-bond acceptors (Lipinski definition) is 7. The van der Waals surface area contributed by atoms with Crippen LogP contribution in [0.5, 0.6) is 0 Å². The molecule has 0 aromatic carbocycles. The Morgan fingerprint density at radius 3 is 3.05 bits per heavy atom. The molecule has 3 heterocycles. The molecule has 0 amide bonds. The zero-order valence-electron chi connectivity index (χ0n) is 12.0. The van der Waals surface area contributed by atoms with Gasteiger partial charge in [-0.15, -0.1) is 0 Å². The quantitative estimate of drug-likeness (QED) is 0.917. The van der Waals surface area contributed by atoms with Crippen molar-refractivity contribution in [3.63, 3.8) is 0 Å². The summed E-state index contributed by atoms with van der Waals surface area (Å²) >= 11 is 1.38. The minimum Gasteiger partial charge on any atom is -0.377 e. The van der Waals surface area contributed by atoms with E-state index in [0.717, 1.165) is 11.0 Å². The van der Waals surface area contributed by atoms with Crippen molar-refractivity contribution in [1.82, 2.24) is 19.1 Å². The van der Waals surface area contributed by atoms with Crippen molar-refractivity contribution in [3.8, 4) is 0 Å². The van der Waals surface area contributed by atoms with Crippen LogP contribution in [0.4, 0.5) is 5.13 Å². The van der Waals surface area contributed by atoms with Gasteiger partial charge in [0.1, 0.15) is 11.9 Å². The monoisotopic (exact) mass is 319 g/mol. The molecule has 0 spiro atoms. The van der Waals surface area contributed by atoms with E-state index in [4.69, 9.17) is 4.74 Å². The van der Waals surface area contributed by atoms with Crippen molar-refractivity contribution >= 4 is 16.7 Å². The van der Waals surface area contributed by atoms with Crippen molar-refractivity contribution in [3.05, 3.63) is 34.5 Å². The lowest BCUT2D eigenvalue weighted by Gasteiger charge is -2.22. The Labute approximate surface area is 131 Å². The fourth-order valence-corrected chi connectivity index (χ4v) is 3.53. The number of rotatable bonds is 4. The highest BCUT2D eigenvalue weighted by Crippen LogP contribution is 2.36. The van der Waals surface area contributed by atoms with Gasteiger partial charge in [0, 0.05) is 29.7 Å². The molecule has 7 nitrogen and oxygen atoms in total. The van der Waals surface area contributed by atoms with Crippen LogP contribution in [0.1, 0.15) is 37.0 Å². The first-order valence-corrected chi connectivity index (χ1v) is 8.30. The van der Waals surface area contributed by atoms with Crippen molar-refractivity contribution < 1.29 is 4.74 Å². The summed E-state index contributed by atoms with van der Waals surface area (Å²) in [4.78, 5) is 16.5. The summed E-state index contributed by atoms with van der Waals surface area (Å²) < 4.78 is 11.5. The molecule has 1 N–H and O–H groups in total. The van der Waals surface area contributed by atoms with Crippen LogP contribution in [0.25, 0.3) is 0 Å². The smallest absolute Gasteiger partial charge is 0.267 e. The summed E-state index contributed by atoms with van der Waals surface area (Å²) in [7, 11) is 0. The molecule has 1 saturated heterocycles. The van der Waals surface area contributed by atoms with Crippen LogP contribution < -0.4 is 10.9 Å². The van der Waals surface area contributed by atoms with E-state index in [1.54, 1.807) is 12.3 Å². The molecule has 116 valence electrons. The molecule has 1 saturated carbocycles. The SMILES string of the molecule is O=c1cccnn1C1COCC1Nc1nc(C2CCC2)ns1. The van der Waals surface area contributed by atoms with Gasteiger partial charge in [0.05, 0.1) is 19.3 Å². The Morgan fingerprint density at radius 1 is 1.36 bits per heavy atom. The highest BCUT2D eigenvalue weighted by Gasteiger charge is 2.32. The van der Waals surface area contributed by atoms with Crippen LogP contribution in [0.3, 0.4) is 0 Å². The molecule has 22 heavy (non-hydrogen) atoms. The molecule has 2 aliphatic rings. The van der Waals surface area contributed by atoms with Crippen molar-refractivity contribution in [2.45, 2.75) is 37.3 Å². The summed E-state index contributed by atoms with van der Waals surface area (Å²) in [5.41, 5.74) is -0.114. The molecule has 2 fully saturated rings. The van der Waals surface area contributed by atoms with E-state index in [9.17, 15) is 4.79 Å². The first-order chi connectivity index (χ1) is 10.8. The first kappa shape index (κ1) is 13.8. The van der Waals surface area contributed by atoms with E-state index in [0.29, 0.717) is 19.1 Å². The molecular weight excluding hydrogens is 302 g/mol. The zero-order valence-corrected chi connectivity index (χ0v) is 12.8. The minimum atomic E-state index is -0.121. The van der Waals surface area contributed by atoms with E-state index in [2.05, 4.69) is 19.8 Å². The minimum absolute atomic E-state index is 0.0187. The van der Waals surface area contributed by atoms with Crippen molar-refractivity contribution in [2.75, 3.05) is 18.5 Å².